The second kappa shape index (κ2) is 7.52. The first kappa shape index (κ1) is 16.7. The Morgan fingerprint density at radius 2 is 1.86 bits per heavy atom. The number of alkyl halides is 1. The van der Waals surface area contributed by atoms with Crippen LogP contribution in [0, 0.1) is 0 Å². The minimum absolute atomic E-state index is 0.0991. The number of nitrogens with one attached hydrogen (secondary N) is 1. The second-order valence-electron chi connectivity index (χ2n) is 5.15. The minimum atomic E-state index is -0.282. The van der Waals surface area contributed by atoms with E-state index in [9.17, 15) is 4.79 Å². The zero-order valence-electron chi connectivity index (χ0n) is 12.4. The van der Waals surface area contributed by atoms with Crippen LogP contribution in [-0.4, -0.2) is 11.8 Å². The molecule has 116 valence electrons. The molecule has 0 unspecified atom stereocenters. The van der Waals surface area contributed by atoms with Crippen LogP contribution in [-0.2, 0) is 4.79 Å². The molecule has 0 aliphatic carbocycles. The lowest BCUT2D eigenvalue weighted by Crippen LogP contribution is -2.12. The van der Waals surface area contributed by atoms with Gasteiger partial charge in [-0.3, -0.25) is 4.79 Å². The molecule has 0 aliphatic heterocycles. The Balaban J connectivity index is 2.11. The van der Waals surface area contributed by atoms with Crippen molar-refractivity contribution in [3.63, 3.8) is 0 Å². The van der Waals surface area contributed by atoms with E-state index in [0.717, 1.165) is 0 Å². The van der Waals surface area contributed by atoms with Gasteiger partial charge in [-0.2, -0.15) is 0 Å². The molecule has 2 aromatic rings. The number of ether oxygens (including phenoxy) is 1. The van der Waals surface area contributed by atoms with E-state index in [1.54, 1.807) is 18.2 Å². The van der Waals surface area contributed by atoms with Crippen LogP contribution in [0.4, 0.5) is 5.69 Å². The highest BCUT2D eigenvalue weighted by Crippen LogP contribution is 2.32. The van der Waals surface area contributed by atoms with Crippen molar-refractivity contribution in [2.75, 3.05) is 11.2 Å². The molecule has 0 radical (unpaired) electrons. The molecule has 2 aromatic carbocycles. The summed E-state index contributed by atoms with van der Waals surface area (Å²) in [6.07, 6.45) is 0. The first-order valence-electron chi connectivity index (χ1n) is 6.92. The van der Waals surface area contributed by atoms with E-state index in [0.29, 0.717) is 28.1 Å². The largest absolute Gasteiger partial charge is 0.456 e. The van der Waals surface area contributed by atoms with Gasteiger partial charge in [0.05, 0.1) is 5.02 Å². The van der Waals surface area contributed by atoms with E-state index >= 15 is 0 Å². The molecule has 22 heavy (non-hydrogen) atoms. The highest BCUT2D eigenvalue weighted by atomic mass is 35.5. The predicted octanol–water partition coefficient (Wildman–Crippen LogP) is 5.43. The van der Waals surface area contributed by atoms with Gasteiger partial charge in [-0.05, 0) is 41.8 Å². The molecule has 3 nitrogen and oxygen atoms in total. The van der Waals surface area contributed by atoms with Crippen LogP contribution < -0.4 is 10.1 Å². The summed E-state index contributed by atoms with van der Waals surface area (Å²) in [5.41, 5.74) is 1.83. The molecule has 0 saturated carbocycles. The smallest absolute Gasteiger partial charge is 0.239 e. The minimum Gasteiger partial charge on any atom is -0.456 e. The third-order valence-electron chi connectivity index (χ3n) is 3.11. The van der Waals surface area contributed by atoms with Crippen LogP contribution in [0.1, 0.15) is 25.3 Å². The maximum absolute atomic E-state index is 11.2. The molecule has 0 fully saturated rings. The molecule has 1 amide bonds. The Morgan fingerprint density at radius 3 is 2.41 bits per heavy atom. The molecule has 0 bridgehead atoms. The van der Waals surface area contributed by atoms with Crippen LogP contribution in [0.2, 0.25) is 5.02 Å². The summed E-state index contributed by atoms with van der Waals surface area (Å²) in [4.78, 5) is 11.2. The summed E-state index contributed by atoms with van der Waals surface area (Å²) < 4.78 is 5.76. The monoisotopic (exact) mass is 337 g/mol. The fourth-order valence-corrected chi connectivity index (χ4v) is 2.19. The van der Waals surface area contributed by atoms with Crippen molar-refractivity contribution in [3.8, 4) is 11.5 Å². The van der Waals surface area contributed by atoms with Crippen molar-refractivity contribution < 1.29 is 9.53 Å². The SMILES string of the molecule is CC(C)c1ccc(Oc2ccc(NC(=O)CCl)cc2Cl)cc1. The highest BCUT2D eigenvalue weighted by molar-refractivity contribution is 6.32. The van der Waals surface area contributed by atoms with E-state index in [-0.39, 0.29) is 11.8 Å². The third-order valence-corrected chi connectivity index (χ3v) is 3.65. The van der Waals surface area contributed by atoms with Crippen LogP contribution in [0.5, 0.6) is 11.5 Å². The normalized spacial score (nSPS) is 10.6. The van der Waals surface area contributed by atoms with Gasteiger partial charge in [0.2, 0.25) is 5.91 Å². The van der Waals surface area contributed by atoms with Gasteiger partial charge < -0.3 is 10.1 Å². The molecule has 5 heteroatoms. The van der Waals surface area contributed by atoms with Gasteiger partial charge in [0, 0.05) is 5.69 Å². The predicted molar refractivity (Wildman–Crippen MR) is 91.4 cm³/mol. The zero-order valence-corrected chi connectivity index (χ0v) is 13.9. The maximum Gasteiger partial charge on any atom is 0.239 e. The van der Waals surface area contributed by atoms with Crippen molar-refractivity contribution in [2.45, 2.75) is 19.8 Å². The average molecular weight is 338 g/mol. The zero-order chi connectivity index (χ0) is 16.1. The molecule has 2 rings (SSSR count). The number of halogens is 2. The van der Waals surface area contributed by atoms with E-state index in [1.165, 1.54) is 5.56 Å². The Morgan fingerprint density at radius 1 is 1.18 bits per heavy atom. The van der Waals surface area contributed by atoms with E-state index in [4.69, 9.17) is 27.9 Å². The number of carbonyl (C=O) groups is 1. The van der Waals surface area contributed by atoms with Crippen molar-refractivity contribution in [2.24, 2.45) is 0 Å². The first-order valence-corrected chi connectivity index (χ1v) is 7.84. The Hall–Kier alpha value is -1.71. The van der Waals surface area contributed by atoms with Crippen molar-refractivity contribution >= 4 is 34.8 Å². The van der Waals surface area contributed by atoms with E-state index in [2.05, 4.69) is 19.2 Å². The molecular weight excluding hydrogens is 321 g/mol. The lowest BCUT2D eigenvalue weighted by atomic mass is 10.0. The summed E-state index contributed by atoms with van der Waals surface area (Å²) in [5.74, 6) is 1.34. The highest BCUT2D eigenvalue weighted by Gasteiger charge is 2.07. The van der Waals surface area contributed by atoms with Crippen LogP contribution in [0.25, 0.3) is 0 Å². The van der Waals surface area contributed by atoms with Crippen LogP contribution in [0.15, 0.2) is 42.5 Å². The Bertz CT molecular complexity index is 654. The van der Waals surface area contributed by atoms with Gasteiger partial charge >= 0.3 is 0 Å². The van der Waals surface area contributed by atoms with Crippen molar-refractivity contribution in [3.05, 3.63) is 53.1 Å². The molecule has 0 aliphatic rings. The second-order valence-corrected chi connectivity index (χ2v) is 5.83. The topological polar surface area (TPSA) is 38.3 Å². The standard InChI is InChI=1S/C17H17Cl2NO2/c1-11(2)12-3-6-14(7-4-12)22-16-8-5-13(9-15(16)19)20-17(21)10-18/h3-9,11H,10H2,1-2H3,(H,20,21). The maximum atomic E-state index is 11.2. The quantitative estimate of drug-likeness (QED) is 0.738. The summed E-state index contributed by atoms with van der Waals surface area (Å²) in [6.45, 7) is 4.28. The van der Waals surface area contributed by atoms with Gasteiger partial charge in [-0.1, -0.05) is 37.6 Å². The average Bonchev–Trinajstić information content (AvgIpc) is 2.50. The number of rotatable bonds is 5. The lowest BCUT2D eigenvalue weighted by Gasteiger charge is -2.11. The van der Waals surface area contributed by atoms with Crippen LogP contribution in [0.3, 0.4) is 0 Å². The van der Waals surface area contributed by atoms with E-state index in [1.807, 2.05) is 24.3 Å². The molecule has 0 aromatic heterocycles. The van der Waals surface area contributed by atoms with Crippen molar-refractivity contribution in [1.29, 1.82) is 0 Å². The number of benzene rings is 2. The molecule has 1 N–H and O–H groups in total. The number of hydrogen-bond acceptors (Lipinski definition) is 2. The number of amides is 1. The summed E-state index contributed by atoms with van der Waals surface area (Å²) in [5, 5.41) is 3.05. The van der Waals surface area contributed by atoms with Gasteiger partial charge in [-0.15, -0.1) is 11.6 Å². The summed E-state index contributed by atoms with van der Waals surface area (Å²) in [6, 6.07) is 12.9. The Labute approximate surface area is 140 Å². The molecule has 0 atom stereocenters. The summed E-state index contributed by atoms with van der Waals surface area (Å²) >= 11 is 11.6. The number of carbonyl (C=O) groups excluding carboxylic acids is 1. The first-order chi connectivity index (χ1) is 10.5. The molecular formula is C17H17Cl2NO2. The molecule has 0 heterocycles. The lowest BCUT2D eigenvalue weighted by molar-refractivity contribution is -0.113. The summed E-state index contributed by atoms with van der Waals surface area (Å²) in [7, 11) is 0. The van der Waals surface area contributed by atoms with Gasteiger partial charge in [0.1, 0.15) is 17.4 Å². The third kappa shape index (κ3) is 4.39. The molecule has 0 spiro atoms. The number of hydrogen-bond donors (Lipinski definition) is 1. The van der Waals surface area contributed by atoms with E-state index < -0.39 is 0 Å². The number of anilines is 1. The van der Waals surface area contributed by atoms with Crippen molar-refractivity contribution in [1.82, 2.24) is 0 Å². The van der Waals surface area contributed by atoms with Gasteiger partial charge in [0.15, 0.2) is 0 Å². The Kier molecular flexibility index (Phi) is 5.69. The van der Waals surface area contributed by atoms with Gasteiger partial charge in [-0.25, -0.2) is 0 Å². The fraction of sp³-hybridized carbons (Fsp3) is 0.235. The fourth-order valence-electron chi connectivity index (χ4n) is 1.90. The van der Waals surface area contributed by atoms with Crippen LogP contribution >= 0.6 is 23.2 Å². The van der Waals surface area contributed by atoms with Gasteiger partial charge in [0.25, 0.3) is 0 Å². The molecule has 0 saturated heterocycles.